The smallest absolute Gasteiger partial charge is 0.182 e. The number of hydrogen-bond acceptors (Lipinski definition) is 5. The Hall–Kier alpha value is -1.95. The Kier molecular flexibility index (Phi) is 2.94. The summed E-state index contributed by atoms with van der Waals surface area (Å²) in [6.45, 7) is 3.57. The highest BCUT2D eigenvalue weighted by atomic mass is 16.5. The van der Waals surface area contributed by atoms with E-state index in [0.29, 0.717) is 12.3 Å². The van der Waals surface area contributed by atoms with E-state index in [0.717, 1.165) is 30.8 Å². The van der Waals surface area contributed by atoms with Crippen molar-refractivity contribution in [2.24, 2.45) is 0 Å². The van der Waals surface area contributed by atoms with Gasteiger partial charge in [-0.3, -0.25) is 0 Å². The van der Waals surface area contributed by atoms with Crippen LogP contribution >= 0.6 is 0 Å². The molecule has 1 aliphatic rings. The molecule has 0 aliphatic carbocycles. The topological polar surface area (TPSA) is 78.9 Å². The van der Waals surface area contributed by atoms with Crippen molar-refractivity contribution < 1.29 is 4.74 Å². The van der Waals surface area contributed by atoms with E-state index in [1.807, 2.05) is 28.9 Å². The molecule has 1 fully saturated rings. The molecule has 2 N–H and O–H groups in total. The van der Waals surface area contributed by atoms with Gasteiger partial charge in [0.2, 0.25) is 0 Å². The maximum Gasteiger partial charge on any atom is 0.182 e. The number of anilines is 1. The average molecular weight is 259 g/mol. The van der Waals surface area contributed by atoms with E-state index in [2.05, 4.69) is 22.4 Å². The summed E-state index contributed by atoms with van der Waals surface area (Å²) in [6, 6.07) is 7.60. The standard InChI is InChI=1S/C13H17N5O/c1-13(6-3-7-19-9-13)18-12(15-16-17-18)10-4-2-5-11(14)8-10/h2,4-5,8H,3,6-7,9,14H2,1H3. The van der Waals surface area contributed by atoms with Gasteiger partial charge in [-0.1, -0.05) is 12.1 Å². The summed E-state index contributed by atoms with van der Waals surface area (Å²) in [6.07, 6.45) is 2.03. The van der Waals surface area contributed by atoms with Crippen LogP contribution in [0.15, 0.2) is 24.3 Å². The molecule has 1 unspecified atom stereocenters. The predicted octanol–water partition coefficient (Wildman–Crippen LogP) is 1.45. The molecule has 2 heterocycles. The second-order valence-electron chi connectivity index (χ2n) is 5.19. The Morgan fingerprint density at radius 3 is 3.05 bits per heavy atom. The van der Waals surface area contributed by atoms with Gasteiger partial charge in [-0.25, -0.2) is 4.68 Å². The summed E-state index contributed by atoms with van der Waals surface area (Å²) in [5.74, 6) is 0.736. The molecule has 6 nitrogen and oxygen atoms in total. The van der Waals surface area contributed by atoms with E-state index in [-0.39, 0.29) is 5.54 Å². The third kappa shape index (κ3) is 2.19. The lowest BCUT2D eigenvalue weighted by atomic mass is 9.94. The lowest BCUT2D eigenvalue weighted by Crippen LogP contribution is -2.40. The van der Waals surface area contributed by atoms with Crippen LogP contribution in [0.2, 0.25) is 0 Å². The molecule has 3 rings (SSSR count). The van der Waals surface area contributed by atoms with Gasteiger partial charge >= 0.3 is 0 Å². The second kappa shape index (κ2) is 4.62. The maximum atomic E-state index is 5.82. The van der Waals surface area contributed by atoms with E-state index in [9.17, 15) is 0 Å². The highest BCUT2D eigenvalue weighted by Gasteiger charge is 2.33. The molecule has 0 saturated carbocycles. The summed E-state index contributed by atoms with van der Waals surface area (Å²) < 4.78 is 7.44. The number of ether oxygens (including phenoxy) is 1. The normalized spacial score (nSPS) is 23.4. The number of rotatable bonds is 2. The van der Waals surface area contributed by atoms with Crippen LogP contribution in [0.5, 0.6) is 0 Å². The molecular formula is C13H17N5O. The number of tetrazole rings is 1. The third-order valence-electron chi connectivity index (χ3n) is 3.54. The van der Waals surface area contributed by atoms with Gasteiger partial charge in [0.25, 0.3) is 0 Å². The van der Waals surface area contributed by atoms with Crippen molar-refractivity contribution in [2.75, 3.05) is 18.9 Å². The van der Waals surface area contributed by atoms with Crippen molar-refractivity contribution >= 4 is 5.69 Å². The highest BCUT2D eigenvalue weighted by Crippen LogP contribution is 2.30. The van der Waals surface area contributed by atoms with Crippen molar-refractivity contribution in [2.45, 2.75) is 25.3 Å². The van der Waals surface area contributed by atoms with Crippen molar-refractivity contribution in [1.82, 2.24) is 20.2 Å². The first-order valence-electron chi connectivity index (χ1n) is 6.42. The number of nitrogens with two attached hydrogens (primary N) is 1. The molecule has 0 amide bonds. The monoisotopic (exact) mass is 259 g/mol. The summed E-state index contributed by atoms with van der Waals surface area (Å²) in [4.78, 5) is 0. The molecule has 2 aromatic rings. The quantitative estimate of drug-likeness (QED) is 0.826. The molecule has 1 atom stereocenters. The summed E-state index contributed by atoms with van der Waals surface area (Å²) in [5.41, 5.74) is 7.26. The fourth-order valence-corrected chi connectivity index (χ4v) is 2.49. The van der Waals surface area contributed by atoms with Crippen molar-refractivity contribution in [1.29, 1.82) is 0 Å². The number of nitrogens with zero attached hydrogens (tertiary/aromatic N) is 4. The van der Waals surface area contributed by atoms with Crippen LogP contribution in [0.25, 0.3) is 11.4 Å². The van der Waals surface area contributed by atoms with Crippen molar-refractivity contribution in [3.05, 3.63) is 24.3 Å². The minimum absolute atomic E-state index is 0.193. The maximum absolute atomic E-state index is 5.82. The van der Waals surface area contributed by atoms with E-state index in [1.165, 1.54) is 0 Å². The summed E-state index contributed by atoms with van der Waals surface area (Å²) >= 11 is 0. The SMILES string of the molecule is CC1(n2nnnc2-c2cccc(N)c2)CCCOC1. The summed E-state index contributed by atoms with van der Waals surface area (Å²) in [5, 5.41) is 12.1. The van der Waals surface area contributed by atoms with Crippen LogP contribution in [0, 0.1) is 0 Å². The first kappa shape index (κ1) is 12.1. The zero-order chi connectivity index (χ0) is 13.3. The lowest BCUT2D eigenvalue weighted by Gasteiger charge is -2.33. The Bertz CT molecular complexity index is 574. The second-order valence-corrected chi connectivity index (χ2v) is 5.19. The zero-order valence-corrected chi connectivity index (χ0v) is 10.9. The van der Waals surface area contributed by atoms with Crippen LogP contribution in [-0.2, 0) is 10.3 Å². The zero-order valence-electron chi connectivity index (χ0n) is 10.9. The molecule has 1 aromatic heterocycles. The molecule has 1 aromatic carbocycles. The highest BCUT2D eigenvalue weighted by molar-refractivity contribution is 5.60. The Balaban J connectivity index is 2.03. The van der Waals surface area contributed by atoms with Gasteiger partial charge in [-0.05, 0) is 42.3 Å². The van der Waals surface area contributed by atoms with E-state index in [1.54, 1.807) is 0 Å². The molecule has 6 heteroatoms. The van der Waals surface area contributed by atoms with Crippen LogP contribution in [0.3, 0.4) is 0 Å². The van der Waals surface area contributed by atoms with Gasteiger partial charge < -0.3 is 10.5 Å². The fraction of sp³-hybridized carbons (Fsp3) is 0.462. The minimum atomic E-state index is -0.193. The number of benzene rings is 1. The van der Waals surface area contributed by atoms with Crippen molar-refractivity contribution in [3.8, 4) is 11.4 Å². The van der Waals surface area contributed by atoms with Gasteiger partial charge in [-0.2, -0.15) is 0 Å². The lowest BCUT2D eigenvalue weighted by molar-refractivity contribution is 0.00348. The third-order valence-corrected chi connectivity index (χ3v) is 3.54. The first-order chi connectivity index (χ1) is 9.19. The van der Waals surface area contributed by atoms with Crippen LogP contribution in [0.4, 0.5) is 5.69 Å². The minimum Gasteiger partial charge on any atom is -0.399 e. The number of nitrogen functional groups attached to an aromatic ring is 1. The number of hydrogen-bond donors (Lipinski definition) is 1. The Labute approximate surface area is 111 Å². The van der Waals surface area contributed by atoms with E-state index < -0.39 is 0 Å². The molecule has 0 radical (unpaired) electrons. The largest absolute Gasteiger partial charge is 0.399 e. The summed E-state index contributed by atoms with van der Waals surface area (Å²) in [7, 11) is 0. The van der Waals surface area contributed by atoms with Gasteiger partial charge in [0.1, 0.15) is 0 Å². The predicted molar refractivity (Wildman–Crippen MR) is 71.4 cm³/mol. The molecule has 1 aliphatic heterocycles. The van der Waals surface area contributed by atoms with Crippen LogP contribution in [0.1, 0.15) is 19.8 Å². The van der Waals surface area contributed by atoms with Crippen LogP contribution < -0.4 is 5.73 Å². The van der Waals surface area contributed by atoms with Crippen molar-refractivity contribution in [3.63, 3.8) is 0 Å². The molecular weight excluding hydrogens is 242 g/mol. The van der Waals surface area contributed by atoms with E-state index in [4.69, 9.17) is 10.5 Å². The van der Waals surface area contributed by atoms with Gasteiger partial charge in [-0.15, -0.1) is 5.10 Å². The molecule has 0 bridgehead atoms. The molecule has 100 valence electrons. The number of aromatic nitrogens is 4. The van der Waals surface area contributed by atoms with Crippen LogP contribution in [-0.4, -0.2) is 33.4 Å². The molecule has 19 heavy (non-hydrogen) atoms. The molecule has 1 saturated heterocycles. The molecule has 0 spiro atoms. The van der Waals surface area contributed by atoms with Gasteiger partial charge in [0.05, 0.1) is 12.1 Å². The van der Waals surface area contributed by atoms with E-state index >= 15 is 0 Å². The van der Waals surface area contributed by atoms with Gasteiger partial charge in [0, 0.05) is 17.9 Å². The Morgan fingerprint density at radius 2 is 2.32 bits per heavy atom. The van der Waals surface area contributed by atoms with Gasteiger partial charge in [0.15, 0.2) is 5.82 Å². The fourth-order valence-electron chi connectivity index (χ4n) is 2.49. The average Bonchev–Trinajstić information content (AvgIpc) is 2.89. The first-order valence-corrected chi connectivity index (χ1v) is 6.42. The Morgan fingerprint density at radius 1 is 1.42 bits per heavy atom.